The van der Waals surface area contributed by atoms with Crippen molar-refractivity contribution in [3.05, 3.63) is 66.2 Å². The summed E-state index contributed by atoms with van der Waals surface area (Å²) in [4.78, 5) is 20.8. The van der Waals surface area contributed by atoms with Gasteiger partial charge >= 0.3 is 0 Å². The van der Waals surface area contributed by atoms with Gasteiger partial charge in [-0.1, -0.05) is 12.1 Å². The van der Waals surface area contributed by atoms with E-state index in [9.17, 15) is 8.78 Å². The lowest BCUT2D eigenvalue weighted by Crippen LogP contribution is -2.08. The molecule has 32 heavy (non-hydrogen) atoms. The number of halogens is 2. The quantitative estimate of drug-likeness (QED) is 0.433. The number of hydrogen-bond donors (Lipinski definition) is 1. The second-order valence-corrected chi connectivity index (χ2v) is 7.00. The smallest absolute Gasteiger partial charge is 0.270 e. The van der Waals surface area contributed by atoms with Gasteiger partial charge < -0.3 is 14.8 Å². The molecule has 0 radical (unpaired) electrons. The second kappa shape index (κ2) is 9.04. The van der Waals surface area contributed by atoms with Gasteiger partial charge in [0.2, 0.25) is 11.8 Å². The molecule has 3 heterocycles. The topological polar surface area (TPSA) is 94.9 Å². The Bertz CT molecular complexity index is 1210. The van der Waals surface area contributed by atoms with Crippen LogP contribution in [0.3, 0.4) is 0 Å². The van der Waals surface area contributed by atoms with Crippen LogP contribution in [0.4, 0.5) is 14.6 Å². The number of alkyl halides is 2. The number of benzene rings is 1. The van der Waals surface area contributed by atoms with Crippen molar-refractivity contribution in [1.82, 2.24) is 24.9 Å². The predicted molar refractivity (Wildman–Crippen MR) is 114 cm³/mol. The maximum atomic E-state index is 13.7. The number of pyridine rings is 1. The minimum Gasteiger partial charge on any atom is -0.481 e. The van der Waals surface area contributed by atoms with Crippen LogP contribution in [0.25, 0.3) is 11.2 Å². The fourth-order valence-corrected chi connectivity index (χ4v) is 2.99. The van der Waals surface area contributed by atoms with E-state index in [1.165, 1.54) is 25.6 Å². The molecule has 164 valence electrons. The van der Waals surface area contributed by atoms with Crippen molar-refractivity contribution in [2.75, 3.05) is 19.0 Å². The van der Waals surface area contributed by atoms with Gasteiger partial charge in [-0.3, -0.25) is 0 Å². The average molecular weight is 438 g/mol. The Morgan fingerprint density at radius 1 is 0.969 bits per heavy atom. The zero-order valence-electron chi connectivity index (χ0n) is 17.4. The number of nitrogens with one attached hydrogen (secondary N) is 1. The molecule has 0 aliphatic rings. The van der Waals surface area contributed by atoms with E-state index in [1.807, 2.05) is 12.1 Å². The molecule has 0 saturated carbocycles. The molecule has 0 unspecified atom stereocenters. The summed E-state index contributed by atoms with van der Waals surface area (Å²) in [5.74, 6) is -1.84. The van der Waals surface area contributed by atoms with Crippen molar-refractivity contribution in [2.45, 2.75) is 19.3 Å². The Kier molecular flexibility index (Phi) is 6.02. The Labute approximate surface area is 182 Å². The summed E-state index contributed by atoms with van der Waals surface area (Å²) >= 11 is 0. The first-order valence-corrected chi connectivity index (χ1v) is 9.79. The van der Waals surface area contributed by atoms with Crippen LogP contribution < -0.4 is 14.8 Å². The number of ether oxygens (including phenoxy) is 2. The Morgan fingerprint density at radius 3 is 2.47 bits per heavy atom. The van der Waals surface area contributed by atoms with Crippen molar-refractivity contribution in [3.8, 4) is 17.5 Å². The lowest BCUT2D eigenvalue weighted by molar-refractivity contribution is 0.0169. The van der Waals surface area contributed by atoms with Crippen molar-refractivity contribution in [2.24, 2.45) is 0 Å². The first-order chi connectivity index (χ1) is 15.4. The van der Waals surface area contributed by atoms with Gasteiger partial charge in [-0.05, 0) is 24.1 Å². The van der Waals surface area contributed by atoms with Crippen molar-refractivity contribution < 1.29 is 18.3 Å². The summed E-state index contributed by atoms with van der Waals surface area (Å²) in [7, 11) is 1.36. The van der Waals surface area contributed by atoms with Gasteiger partial charge in [-0.25, -0.2) is 28.7 Å². The van der Waals surface area contributed by atoms with E-state index in [4.69, 9.17) is 9.47 Å². The predicted octanol–water partition coefficient (Wildman–Crippen LogP) is 4.38. The van der Waals surface area contributed by atoms with Crippen LogP contribution in [0.15, 0.2) is 55.1 Å². The molecule has 0 saturated heterocycles. The maximum absolute atomic E-state index is 13.7. The van der Waals surface area contributed by atoms with Gasteiger partial charge in [-0.15, -0.1) is 0 Å². The molecule has 0 amide bonds. The summed E-state index contributed by atoms with van der Waals surface area (Å²) in [5.41, 5.74) is 1.96. The molecule has 4 aromatic rings. The van der Waals surface area contributed by atoms with Crippen LogP contribution in [-0.2, 0) is 12.3 Å². The number of methoxy groups -OCH3 is 1. The number of aromatic nitrogens is 5. The van der Waals surface area contributed by atoms with E-state index in [1.54, 1.807) is 24.5 Å². The van der Waals surface area contributed by atoms with E-state index >= 15 is 0 Å². The molecule has 1 aromatic carbocycles. The van der Waals surface area contributed by atoms with Crippen LogP contribution >= 0.6 is 0 Å². The van der Waals surface area contributed by atoms with Crippen LogP contribution in [-0.4, -0.2) is 38.6 Å². The first kappa shape index (κ1) is 21.3. The van der Waals surface area contributed by atoms with Crippen molar-refractivity contribution >= 4 is 17.0 Å². The maximum Gasteiger partial charge on any atom is 0.270 e. The molecule has 10 heteroatoms. The molecule has 0 aliphatic carbocycles. The van der Waals surface area contributed by atoms with Crippen LogP contribution in [0.1, 0.15) is 18.1 Å². The lowest BCUT2D eigenvalue weighted by Gasteiger charge is -2.14. The fraction of sp³-hybridized carbons (Fsp3) is 0.227. The number of nitrogens with zero attached hydrogens (tertiary/aromatic N) is 5. The number of fused-ring (bicyclic) bond motifs is 1. The summed E-state index contributed by atoms with van der Waals surface area (Å²) in [6, 6.07) is 9.69. The Balaban J connectivity index is 1.39. The molecule has 0 fully saturated rings. The van der Waals surface area contributed by atoms with E-state index in [-0.39, 0.29) is 17.3 Å². The van der Waals surface area contributed by atoms with Gasteiger partial charge in [-0.2, -0.15) is 4.98 Å². The highest BCUT2D eigenvalue weighted by Crippen LogP contribution is 2.33. The molecule has 4 rings (SSSR count). The van der Waals surface area contributed by atoms with Crippen molar-refractivity contribution in [3.63, 3.8) is 0 Å². The van der Waals surface area contributed by atoms with Crippen LogP contribution in [0, 0.1) is 0 Å². The first-order valence-electron chi connectivity index (χ1n) is 9.79. The Morgan fingerprint density at radius 2 is 1.72 bits per heavy atom. The monoisotopic (exact) mass is 438 g/mol. The highest BCUT2D eigenvalue weighted by Gasteiger charge is 2.26. The van der Waals surface area contributed by atoms with E-state index < -0.39 is 5.92 Å². The normalized spacial score (nSPS) is 11.4. The zero-order valence-corrected chi connectivity index (χ0v) is 17.4. The standard InChI is InChI=1S/C22H20F2N6O2/c1-22(23,24)15-11-17(31-2)30-18(12-15)32-16-5-3-14(4-6-16)7-8-26-20-19-21(29-13-28-20)27-10-9-25-19/h3-6,9-13H,7-8H2,1-2H3,(H,26,27,28,29). The third-order valence-corrected chi connectivity index (χ3v) is 4.62. The second-order valence-electron chi connectivity index (χ2n) is 7.00. The van der Waals surface area contributed by atoms with Gasteiger partial charge in [0, 0.05) is 43.6 Å². The van der Waals surface area contributed by atoms with Gasteiger partial charge in [0.05, 0.1) is 7.11 Å². The van der Waals surface area contributed by atoms with E-state index in [0.717, 1.165) is 18.9 Å². The molecular weight excluding hydrogens is 418 g/mol. The minimum atomic E-state index is -3.04. The van der Waals surface area contributed by atoms with Crippen LogP contribution in [0.2, 0.25) is 0 Å². The van der Waals surface area contributed by atoms with E-state index in [2.05, 4.69) is 30.2 Å². The highest BCUT2D eigenvalue weighted by atomic mass is 19.3. The summed E-state index contributed by atoms with van der Waals surface area (Å²) in [6.45, 7) is 1.43. The van der Waals surface area contributed by atoms with Crippen molar-refractivity contribution in [1.29, 1.82) is 0 Å². The van der Waals surface area contributed by atoms with Gasteiger partial charge in [0.25, 0.3) is 5.92 Å². The highest BCUT2D eigenvalue weighted by molar-refractivity contribution is 5.81. The van der Waals surface area contributed by atoms with Gasteiger partial charge in [0.15, 0.2) is 11.5 Å². The summed E-state index contributed by atoms with van der Waals surface area (Å²) in [5, 5.41) is 3.24. The number of rotatable bonds is 8. The number of anilines is 1. The van der Waals surface area contributed by atoms with E-state index in [0.29, 0.717) is 29.3 Å². The molecule has 1 N–H and O–H groups in total. The fourth-order valence-electron chi connectivity index (χ4n) is 2.99. The molecule has 0 aliphatic heterocycles. The van der Waals surface area contributed by atoms with Crippen LogP contribution in [0.5, 0.6) is 17.5 Å². The average Bonchev–Trinajstić information content (AvgIpc) is 2.79. The molecule has 0 bridgehead atoms. The molecule has 0 spiro atoms. The molecule has 8 nitrogen and oxygen atoms in total. The third-order valence-electron chi connectivity index (χ3n) is 4.62. The minimum absolute atomic E-state index is 0.0343. The van der Waals surface area contributed by atoms with Gasteiger partial charge in [0.1, 0.15) is 17.6 Å². The molecule has 3 aromatic heterocycles. The third kappa shape index (κ3) is 5.02. The molecule has 0 atom stereocenters. The lowest BCUT2D eigenvalue weighted by atomic mass is 10.1. The largest absolute Gasteiger partial charge is 0.481 e. The SMILES string of the molecule is COc1cc(C(C)(F)F)cc(Oc2ccc(CCNc3ncnc4nccnc34)cc2)n1. The zero-order chi connectivity index (χ0) is 22.6. The number of hydrogen-bond acceptors (Lipinski definition) is 8. The summed E-state index contributed by atoms with van der Waals surface area (Å²) in [6.07, 6.45) is 5.34. The Hall–Kier alpha value is -3.95. The molecular formula is C22H20F2N6O2. The summed E-state index contributed by atoms with van der Waals surface area (Å²) < 4.78 is 38.1.